The first kappa shape index (κ1) is 14.4. The molecule has 0 aliphatic rings. The molecule has 1 aromatic heterocycles. The van der Waals surface area contributed by atoms with E-state index in [9.17, 15) is 5.11 Å². The van der Waals surface area contributed by atoms with Crippen LogP contribution in [0.3, 0.4) is 0 Å². The zero-order chi connectivity index (χ0) is 15.7. The van der Waals surface area contributed by atoms with Gasteiger partial charge in [0.15, 0.2) is 5.75 Å². The molecule has 3 rings (SSSR count). The van der Waals surface area contributed by atoms with Gasteiger partial charge in [-0.2, -0.15) is 5.10 Å². The molecule has 0 radical (unpaired) electrons. The Morgan fingerprint density at radius 3 is 2.36 bits per heavy atom. The Morgan fingerprint density at radius 1 is 1.00 bits per heavy atom. The molecule has 0 spiro atoms. The number of nitrogens with zero attached hydrogens (tertiary/aromatic N) is 2. The lowest BCUT2D eigenvalue weighted by Crippen LogP contribution is -2.01. The highest BCUT2D eigenvalue weighted by atomic mass is 16.3. The second kappa shape index (κ2) is 5.68. The van der Waals surface area contributed by atoms with Crippen LogP contribution in [0, 0.1) is 13.8 Å². The Kier molecular flexibility index (Phi) is 3.72. The van der Waals surface area contributed by atoms with E-state index >= 15 is 0 Å². The molecule has 3 aromatic rings. The molecular formula is C19H20N2O. The molecule has 0 saturated carbocycles. The van der Waals surface area contributed by atoms with Crippen LogP contribution in [0.5, 0.6) is 5.75 Å². The monoisotopic (exact) mass is 292 g/mol. The normalized spacial score (nSPS) is 10.9. The lowest BCUT2D eigenvalue weighted by molar-refractivity contribution is 0.469. The van der Waals surface area contributed by atoms with Crippen LogP contribution >= 0.6 is 0 Å². The molecular weight excluding hydrogens is 272 g/mol. The van der Waals surface area contributed by atoms with Gasteiger partial charge in [0, 0.05) is 5.56 Å². The van der Waals surface area contributed by atoms with E-state index in [2.05, 4.69) is 24.2 Å². The second-order valence-corrected chi connectivity index (χ2v) is 5.61. The van der Waals surface area contributed by atoms with Gasteiger partial charge < -0.3 is 5.11 Å². The van der Waals surface area contributed by atoms with E-state index in [0.29, 0.717) is 5.69 Å². The highest BCUT2D eigenvalue weighted by Gasteiger charge is 2.18. The number of rotatable bonds is 3. The fourth-order valence-electron chi connectivity index (χ4n) is 2.64. The van der Waals surface area contributed by atoms with Crippen molar-refractivity contribution in [2.45, 2.75) is 27.2 Å². The summed E-state index contributed by atoms with van der Waals surface area (Å²) in [6, 6.07) is 16.2. The third-order valence-corrected chi connectivity index (χ3v) is 3.86. The summed E-state index contributed by atoms with van der Waals surface area (Å²) in [6.45, 7) is 6.13. The Labute approximate surface area is 130 Å². The molecule has 22 heavy (non-hydrogen) atoms. The molecule has 112 valence electrons. The van der Waals surface area contributed by atoms with Crippen LogP contribution in [0.4, 0.5) is 0 Å². The molecule has 3 heteroatoms. The minimum absolute atomic E-state index is 0.271. The van der Waals surface area contributed by atoms with Crippen molar-refractivity contribution in [2.24, 2.45) is 0 Å². The van der Waals surface area contributed by atoms with Gasteiger partial charge in [0.25, 0.3) is 0 Å². The third-order valence-electron chi connectivity index (χ3n) is 3.86. The van der Waals surface area contributed by atoms with E-state index in [1.807, 2.05) is 54.9 Å². The minimum Gasteiger partial charge on any atom is -0.504 e. The Hall–Kier alpha value is -2.55. The fourth-order valence-corrected chi connectivity index (χ4v) is 2.64. The SMILES string of the molecule is CCc1c(O)c(-c2ccc(C)cc2)nn1-c1cccc(C)c1. The van der Waals surface area contributed by atoms with Crippen LogP contribution < -0.4 is 0 Å². The van der Waals surface area contributed by atoms with Gasteiger partial charge in [0.2, 0.25) is 0 Å². The van der Waals surface area contributed by atoms with Gasteiger partial charge in [-0.15, -0.1) is 0 Å². The molecule has 0 bridgehead atoms. The van der Waals surface area contributed by atoms with Gasteiger partial charge in [-0.25, -0.2) is 4.68 Å². The maximum Gasteiger partial charge on any atom is 0.165 e. The molecule has 0 unspecified atom stereocenters. The summed E-state index contributed by atoms with van der Waals surface area (Å²) >= 11 is 0. The van der Waals surface area contributed by atoms with Crippen molar-refractivity contribution in [3.63, 3.8) is 0 Å². The molecule has 0 amide bonds. The van der Waals surface area contributed by atoms with Gasteiger partial charge >= 0.3 is 0 Å². The summed E-state index contributed by atoms with van der Waals surface area (Å²) in [5.74, 6) is 0.271. The Bertz CT molecular complexity index is 801. The molecule has 3 nitrogen and oxygen atoms in total. The topological polar surface area (TPSA) is 38.1 Å². The van der Waals surface area contributed by atoms with Crippen LogP contribution in [0.2, 0.25) is 0 Å². The second-order valence-electron chi connectivity index (χ2n) is 5.61. The first-order valence-corrected chi connectivity index (χ1v) is 7.55. The zero-order valence-corrected chi connectivity index (χ0v) is 13.2. The minimum atomic E-state index is 0.271. The van der Waals surface area contributed by atoms with Crippen LogP contribution in [-0.4, -0.2) is 14.9 Å². The van der Waals surface area contributed by atoms with Crippen molar-refractivity contribution < 1.29 is 5.11 Å². The van der Waals surface area contributed by atoms with Crippen LogP contribution in [0.15, 0.2) is 48.5 Å². The van der Waals surface area contributed by atoms with E-state index in [0.717, 1.165) is 23.4 Å². The molecule has 0 saturated heterocycles. The van der Waals surface area contributed by atoms with Crippen molar-refractivity contribution in [1.29, 1.82) is 0 Å². The average Bonchev–Trinajstić information content (AvgIpc) is 2.85. The van der Waals surface area contributed by atoms with Crippen molar-refractivity contribution in [3.8, 4) is 22.7 Å². The molecule has 0 fully saturated rings. The molecule has 0 aliphatic heterocycles. The summed E-state index contributed by atoms with van der Waals surface area (Å²) in [5.41, 5.74) is 5.75. The molecule has 1 heterocycles. The summed E-state index contributed by atoms with van der Waals surface area (Å²) in [6.07, 6.45) is 0.721. The summed E-state index contributed by atoms with van der Waals surface area (Å²) in [7, 11) is 0. The first-order chi connectivity index (χ1) is 10.6. The quantitative estimate of drug-likeness (QED) is 0.775. The number of benzene rings is 2. The number of aryl methyl sites for hydroxylation is 2. The molecule has 0 atom stereocenters. The van der Waals surface area contributed by atoms with Crippen molar-refractivity contribution in [1.82, 2.24) is 9.78 Å². The van der Waals surface area contributed by atoms with Crippen LogP contribution in [-0.2, 0) is 6.42 Å². The number of hydrogen-bond donors (Lipinski definition) is 1. The maximum absolute atomic E-state index is 10.6. The van der Waals surface area contributed by atoms with Crippen molar-refractivity contribution in [3.05, 3.63) is 65.4 Å². The van der Waals surface area contributed by atoms with Gasteiger partial charge in [0.05, 0.1) is 11.4 Å². The maximum atomic E-state index is 10.6. The third kappa shape index (κ3) is 2.50. The van der Waals surface area contributed by atoms with Gasteiger partial charge in [-0.3, -0.25) is 0 Å². The van der Waals surface area contributed by atoms with Crippen LogP contribution in [0.25, 0.3) is 16.9 Å². The molecule has 1 N–H and O–H groups in total. The van der Waals surface area contributed by atoms with E-state index in [4.69, 9.17) is 0 Å². The predicted octanol–water partition coefficient (Wildman–Crippen LogP) is 4.42. The predicted molar refractivity (Wildman–Crippen MR) is 89.5 cm³/mol. The van der Waals surface area contributed by atoms with Gasteiger partial charge in [-0.05, 0) is 38.0 Å². The lowest BCUT2D eigenvalue weighted by atomic mass is 10.1. The zero-order valence-electron chi connectivity index (χ0n) is 13.2. The molecule has 2 aromatic carbocycles. The first-order valence-electron chi connectivity index (χ1n) is 7.55. The standard InChI is InChI=1S/C19H20N2O/c1-4-17-19(22)18(15-10-8-13(2)9-11-15)20-21(17)16-7-5-6-14(3)12-16/h5-12,22H,4H2,1-3H3. The van der Waals surface area contributed by atoms with E-state index < -0.39 is 0 Å². The average molecular weight is 292 g/mol. The Morgan fingerprint density at radius 2 is 1.73 bits per heavy atom. The Balaban J connectivity index is 2.16. The molecule has 0 aliphatic carbocycles. The smallest absolute Gasteiger partial charge is 0.165 e. The highest BCUT2D eigenvalue weighted by molar-refractivity contribution is 5.68. The number of aromatic nitrogens is 2. The highest BCUT2D eigenvalue weighted by Crippen LogP contribution is 2.33. The fraction of sp³-hybridized carbons (Fsp3) is 0.211. The largest absolute Gasteiger partial charge is 0.504 e. The number of aromatic hydroxyl groups is 1. The summed E-state index contributed by atoms with van der Waals surface area (Å²) in [4.78, 5) is 0. The summed E-state index contributed by atoms with van der Waals surface area (Å²) in [5, 5.41) is 15.2. The van der Waals surface area contributed by atoms with Gasteiger partial charge in [-0.1, -0.05) is 48.9 Å². The van der Waals surface area contributed by atoms with Crippen molar-refractivity contribution in [2.75, 3.05) is 0 Å². The van der Waals surface area contributed by atoms with Gasteiger partial charge in [0.1, 0.15) is 5.69 Å². The van der Waals surface area contributed by atoms with E-state index in [1.54, 1.807) is 0 Å². The number of hydrogen-bond acceptors (Lipinski definition) is 2. The van der Waals surface area contributed by atoms with Crippen LogP contribution in [0.1, 0.15) is 23.7 Å². The van der Waals surface area contributed by atoms with E-state index in [1.165, 1.54) is 11.1 Å². The lowest BCUT2D eigenvalue weighted by Gasteiger charge is -2.06. The van der Waals surface area contributed by atoms with Crippen molar-refractivity contribution >= 4 is 0 Å². The van der Waals surface area contributed by atoms with E-state index in [-0.39, 0.29) is 5.75 Å². The summed E-state index contributed by atoms with van der Waals surface area (Å²) < 4.78 is 1.84.